The number of thioether (sulfide) groups is 1. The molecule has 34 heavy (non-hydrogen) atoms. The second-order valence-electron chi connectivity index (χ2n) is 6.68. The number of benzene rings is 3. The Labute approximate surface area is 222 Å². The molecule has 3 aromatic rings. The minimum atomic E-state index is -1.07. The molecule has 0 bridgehead atoms. The number of carbonyl (C=O) groups excluding carboxylic acids is 1. The van der Waals surface area contributed by atoms with Crippen molar-refractivity contribution in [3.05, 3.63) is 77.2 Å². The zero-order chi connectivity index (χ0) is 23.8. The Bertz CT molecular complexity index is 1260. The molecule has 1 aliphatic rings. The van der Waals surface area contributed by atoms with Gasteiger partial charge < -0.3 is 20.3 Å². The zero-order valence-electron chi connectivity index (χ0n) is 18.4. The maximum atomic E-state index is 12.4. The van der Waals surface area contributed by atoms with Crippen molar-refractivity contribution in [1.29, 1.82) is 0 Å². The smallest absolute Gasteiger partial charge is 0.481 e. The van der Waals surface area contributed by atoms with Gasteiger partial charge in [0, 0.05) is 12.5 Å². The number of aliphatic imine (C=N–C) groups is 1. The first-order chi connectivity index (χ1) is 15.8. The summed E-state index contributed by atoms with van der Waals surface area (Å²) >= 11 is 1.22. The van der Waals surface area contributed by atoms with E-state index < -0.39 is 18.5 Å². The van der Waals surface area contributed by atoms with Crippen LogP contribution in [-0.2, 0) is 14.4 Å². The van der Waals surface area contributed by atoms with E-state index in [2.05, 4.69) is 16.4 Å². The molecule has 8 nitrogen and oxygen atoms in total. The summed E-state index contributed by atoms with van der Waals surface area (Å²) < 4.78 is 5.46. The van der Waals surface area contributed by atoms with E-state index in [1.54, 1.807) is 36.4 Å². The number of amides is 1. The number of fused-ring (bicyclic) bond motifs is 1. The van der Waals surface area contributed by atoms with Crippen LogP contribution in [0.2, 0.25) is 0 Å². The van der Waals surface area contributed by atoms with Gasteiger partial charge in [0.2, 0.25) is 0 Å². The maximum Gasteiger partial charge on any atom is 1.00 e. The molecular formula is C24H19N2NaO6S. The molecule has 10 heteroatoms. The number of carbonyl (C=O) groups is 3. The van der Waals surface area contributed by atoms with Gasteiger partial charge in [-0.1, -0.05) is 24.3 Å². The number of ether oxygens (including phenoxy) is 1. The number of carboxylic acids is 2. The molecule has 0 unspecified atom stereocenters. The molecule has 4 rings (SSSR count). The van der Waals surface area contributed by atoms with Crippen LogP contribution in [0.15, 0.2) is 70.6 Å². The number of nitrogens with zero attached hydrogens (tertiary/aromatic N) is 1. The van der Waals surface area contributed by atoms with Gasteiger partial charge in [0.15, 0.2) is 11.8 Å². The zero-order valence-corrected chi connectivity index (χ0v) is 21.3. The molecule has 1 amide bonds. The fourth-order valence-corrected chi connectivity index (χ4v) is 3.64. The summed E-state index contributed by atoms with van der Waals surface area (Å²) in [6.45, 7) is 0.617. The minimum Gasteiger partial charge on any atom is -0.481 e. The number of hydrogen-bond acceptors (Lipinski definition) is 6. The monoisotopic (exact) mass is 486 g/mol. The average molecular weight is 486 g/mol. The molecule has 0 radical (unpaired) electrons. The fraction of sp³-hybridized carbons (Fsp3) is 0.0833. The maximum absolute atomic E-state index is 12.4. The molecule has 0 saturated carbocycles. The molecule has 3 N–H and O–H groups in total. The molecule has 168 valence electrons. The summed E-state index contributed by atoms with van der Waals surface area (Å²) in [4.78, 5) is 37.2. The van der Waals surface area contributed by atoms with E-state index in [1.165, 1.54) is 11.8 Å². The molecular weight excluding hydrogens is 467 g/mol. The molecule has 1 aliphatic heterocycles. The third-order valence-corrected chi connectivity index (χ3v) is 5.01. The molecule has 1 saturated heterocycles. The Hall–Kier alpha value is -3.11. The first-order valence-electron chi connectivity index (χ1n) is 9.64. The van der Waals surface area contributed by atoms with Gasteiger partial charge in [-0.3, -0.25) is 14.6 Å². The van der Waals surface area contributed by atoms with Crippen molar-refractivity contribution in [2.24, 2.45) is 4.99 Å². The van der Waals surface area contributed by atoms with E-state index in [1.807, 2.05) is 30.3 Å². The second-order valence-corrected chi connectivity index (χ2v) is 7.71. The Morgan fingerprint density at radius 2 is 1.74 bits per heavy atom. The molecule has 1 fully saturated rings. The van der Waals surface area contributed by atoms with Gasteiger partial charge in [0.05, 0.1) is 4.91 Å². The molecule has 0 aliphatic carbocycles. The third kappa shape index (κ3) is 8.03. The van der Waals surface area contributed by atoms with E-state index in [0.29, 0.717) is 27.1 Å². The van der Waals surface area contributed by atoms with Gasteiger partial charge in [-0.15, -0.1) is 12.1 Å². The van der Waals surface area contributed by atoms with Gasteiger partial charge in [-0.05, 0) is 46.4 Å². The topological polar surface area (TPSA) is 125 Å². The Kier molecular flexibility index (Phi) is 10.3. The van der Waals surface area contributed by atoms with Gasteiger partial charge in [-0.2, -0.15) is 18.2 Å². The summed E-state index contributed by atoms with van der Waals surface area (Å²) in [6.07, 6.45) is 1.69. The second kappa shape index (κ2) is 13.0. The van der Waals surface area contributed by atoms with Crippen molar-refractivity contribution in [3.63, 3.8) is 0 Å². The first-order valence-corrected chi connectivity index (χ1v) is 10.5. The van der Waals surface area contributed by atoms with Gasteiger partial charge in [0.1, 0.15) is 5.75 Å². The van der Waals surface area contributed by atoms with Crippen LogP contribution in [0, 0.1) is 6.07 Å². The van der Waals surface area contributed by atoms with E-state index in [0.717, 1.165) is 17.7 Å². The van der Waals surface area contributed by atoms with Crippen molar-refractivity contribution in [1.82, 2.24) is 5.32 Å². The van der Waals surface area contributed by atoms with Crippen molar-refractivity contribution in [2.45, 2.75) is 6.92 Å². The van der Waals surface area contributed by atoms with Crippen molar-refractivity contribution in [3.8, 4) is 5.75 Å². The number of carboxylic acid groups (broad SMARTS) is 2. The predicted octanol–water partition coefficient (Wildman–Crippen LogP) is 1.09. The fourth-order valence-electron chi connectivity index (χ4n) is 2.81. The number of rotatable bonds is 5. The third-order valence-electron chi connectivity index (χ3n) is 4.10. The predicted molar refractivity (Wildman–Crippen MR) is 126 cm³/mol. The van der Waals surface area contributed by atoms with Crippen molar-refractivity contribution >= 4 is 57.3 Å². The Balaban J connectivity index is 0.000000758. The van der Waals surface area contributed by atoms with Crippen LogP contribution in [0.4, 0.5) is 5.69 Å². The summed E-state index contributed by atoms with van der Waals surface area (Å²) in [5.74, 6) is -1.77. The van der Waals surface area contributed by atoms with E-state index in [9.17, 15) is 9.59 Å². The number of aliphatic carboxylic acids is 2. The van der Waals surface area contributed by atoms with Crippen LogP contribution < -0.4 is 39.6 Å². The van der Waals surface area contributed by atoms with Gasteiger partial charge in [0.25, 0.3) is 11.9 Å². The Morgan fingerprint density at radius 1 is 1.12 bits per heavy atom. The van der Waals surface area contributed by atoms with E-state index >= 15 is 0 Å². The van der Waals surface area contributed by atoms with Crippen LogP contribution in [0.5, 0.6) is 5.75 Å². The molecule has 0 spiro atoms. The molecule has 1 heterocycles. The van der Waals surface area contributed by atoms with Crippen LogP contribution in [0.1, 0.15) is 12.5 Å². The Morgan fingerprint density at radius 3 is 2.35 bits per heavy atom. The van der Waals surface area contributed by atoms with Gasteiger partial charge in [-0.25, -0.2) is 4.79 Å². The van der Waals surface area contributed by atoms with E-state index in [4.69, 9.17) is 19.7 Å². The number of nitrogens with one attached hydrogen (secondary N) is 1. The van der Waals surface area contributed by atoms with Crippen LogP contribution >= 0.6 is 11.8 Å². The molecule has 0 aromatic heterocycles. The largest absolute Gasteiger partial charge is 1.00 e. The summed E-state index contributed by atoms with van der Waals surface area (Å²) in [6, 6.07) is 21.3. The average Bonchev–Trinajstić information content (AvgIpc) is 3.11. The summed E-state index contributed by atoms with van der Waals surface area (Å²) in [5, 5.41) is 21.5. The normalized spacial score (nSPS) is 14.7. The van der Waals surface area contributed by atoms with Crippen molar-refractivity contribution in [2.75, 3.05) is 6.61 Å². The van der Waals surface area contributed by atoms with Crippen LogP contribution in [0.25, 0.3) is 16.8 Å². The standard InChI is InChI=1S/C22H15N2O4S.C2H4O2.Na/c25-20(26)13-28-18-11-15-7-5-4-6-14(15)10-16(18)12-19-21(27)24-22(29-19)23-17-8-2-1-3-9-17;1-2(3)4;/h2-12H,13H2,(H,25,26)(H,23,24,27);1H3,(H,3,4);/q-1;;+1/b19-12+;;. The summed E-state index contributed by atoms with van der Waals surface area (Å²) in [7, 11) is 0. The molecule has 3 aromatic carbocycles. The number of hydrogen-bond donors (Lipinski definition) is 3. The SMILES string of the molecule is CC(=O)O.O=C(O)COc1cc2ccccc2cc1/C=C1/SC(=Nc2cc[c-]cc2)NC1=O.[Na+]. The van der Waals surface area contributed by atoms with Crippen LogP contribution in [0.3, 0.4) is 0 Å². The van der Waals surface area contributed by atoms with Crippen molar-refractivity contribution < 1.29 is 58.9 Å². The minimum absolute atomic E-state index is 0. The quantitative estimate of drug-likeness (QED) is 0.280. The summed E-state index contributed by atoms with van der Waals surface area (Å²) in [5.41, 5.74) is 1.34. The van der Waals surface area contributed by atoms with Gasteiger partial charge >= 0.3 is 35.5 Å². The van der Waals surface area contributed by atoms with Crippen LogP contribution in [-0.4, -0.2) is 39.8 Å². The number of amidine groups is 1. The molecule has 0 atom stereocenters. The first kappa shape index (κ1) is 27.1. The van der Waals surface area contributed by atoms with E-state index in [-0.39, 0.29) is 35.5 Å².